The number of aliphatic carboxylic acids is 1. The number of amides is 1. The zero-order valence-electron chi connectivity index (χ0n) is 11.2. The monoisotopic (exact) mass is 262 g/mol. The third-order valence-corrected chi connectivity index (χ3v) is 3.18. The Morgan fingerprint density at radius 1 is 1.21 bits per heavy atom. The van der Waals surface area contributed by atoms with Gasteiger partial charge in [0.1, 0.15) is 6.54 Å². The van der Waals surface area contributed by atoms with Gasteiger partial charge in [0.25, 0.3) is 5.91 Å². The molecule has 0 spiro atoms. The summed E-state index contributed by atoms with van der Waals surface area (Å²) in [6.45, 7) is -0.223. The minimum atomic E-state index is -0.967. The highest BCUT2D eigenvalue weighted by Gasteiger charge is 2.34. The first-order chi connectivity index (χ1) is 8.99. The summed E-state index contributed by atoms with van der Waals surface area (Å²) in [6.07, 6.45) is 1.80. The van der Waals surface area contributed by atoms with Crippen molar-refractivity contribution in [1.29, 1.82) is 0 Å². The third-order valence-electron chi connectivity index (χ3n) is 3.18. The van der Waals surface area contributed by atoms with Crippen molar-refractivity contribution in [3.8, 4) is 0 Å². The summed E-state index contributed by atoms with van der Waals surface area (Å²) in [7, 11) is 3.86. The van der Waals surface area contributed by atoms with Gasteiger partial charge in [-0.25, -0.2) is 0 Å². The molecule has 0 aliphatic heterocycles. The Morgan fingerprint density at radius 2 is 1.79 bits per heavy atom. The minimum absolute atomic E-state index is 0.0946. The van der Waals surface area contributed by atoms with E-state index in [2.05, 4.69) is 0 Å². The lowest BCUT2D eigenvalue weighted by molar-refractivity contribution is -0.137. The van der Waals surface area contributed by atoms with Crippen LogP contribution in [-0.4, -0.2) is 48.6 Å². The van der Waals surface area contributed by atoms with Gasteiger partial charge < -0.3 is 14.9 Å². The highest BCUT2D eigenvalue weighted by Crippen LogP contribution is 2.28. The Balaban J connectivity index is 2.14. The zero-order valence-corrected chi connectivity index (χ0v) is 11.2. The summed E-state index contributed by atoms with van der Waals surface area (Å²) < 4.78 is 0. The van der Waals surface area contributed by atoms with Crippen LogP contribution >= 0.6 is 0 Å². The number of carbonyl (C=O) groups excluding carboxylic acids is 1. The van der Waals surface area contributed by atoms with E-state index in [1.165, 1.54) is 4.90 Å². The van der Waals surface area contributed by atoms with E-state index in [9.17, 15) is 9.59 Å². The van der Waals surface area contributed by atoms with Gasteiger partial charge in [0, 0.05) is 31.4 Å². The Kier molecular flexibility index (Phi) is 3.74. The molecule has 0 radical (unpaired) electrons. The maximum atomic E-state index is 12.3. The molecule has 0 unspecified atom stereocenters. The van der Waals surface area contributed by atoms with Crippen LogP contribution in [0, 0.1) is 0 Å². The van der Waals surface area contributed by atoms with E-state index in [-0.39, 0.29) is 18.5 Å². The van der Waals surface area contributed by atoms with E-state index >= 15 is 0 Å². The number of anilines is 1. The smallest absolute Gasteiger partial charge is 0.323 e. The van der Waals surface area contributed by atoms with E-state index < -0.39 is 5.97 Å². The largest absolute Gasteiger partial charge is 0.480 e. The van der Waals surface area contributed by atoms with Gasteiger partial charge in [-0.15, -0.1) is 0 Å². The van der Waals surface area contributed by atoms with Gasteiger partial charge in [-0.3, -0.25) is 9.59 Å². The summed E-state index contributed by atoms with van der Waals surface area (Å²) in [5.41, 5.74) is 1.55. The highest BCUT2D eigenvalue weighted by molar-refractivity contribution is 5.96. The van der Waals surface area contributed by atoms with E-state index in [4.69, 9.17) is 5.11 Å². The molecule has 0 aromatic heterocycles. The molecular weight excluding hydrogens is 244 g/mol. The molecule has 1 N–H and O–H groups in total. The van der Waals surface area contributed by atoms with Crippen LogP contribution in [0.2, 0.25) is 0 Å². The topological polar surface area (TPSA) is 60.9 Å². The second kappa shape index (κ2) is 5.30. The van der Waals surface area contributed by atoms with Crippen molar-refractivity contribution in [3.05, 3.63) is 29.8 Å². The van der Waals surface area contributed by atoms with E-state index in [1.807, 2.05) is 31.1 Å². The highest BCUT2D eigenvalue weighted by atomic mass is 16.4. The molecule has 1 aliphatic carbocycles. The molecule has 1 amide bonds. The lowest BCUT2D eigenvalue weighted by Crippen LogP contribution is -2.37. The van der Waals surface area contributed by atoms with Gasteiger partial charge >= 0.3 is 5.97 Å². The van der Waals surface area contributed by atoms with Crippen molar-refractivity contribution in [2.75, 3.05) is 25.5 Å². The molecule has 5 nitrogen and oxygen atoms in total. The minimum Gasteiger partial charge on any atom is -0.480 e. The first-order valence-electron chi connectivity index (χ1n) is 6.29. The number of hydrogen-bond acceptors (Lipinski definition) is 3. The molecular formula is C14H18N2O3. The van der Waals surface area contributed by atoms with Crippen LogP contribution in [0.15, 0.2) is 24.3 Å². The fraction of sp³-hybridized carbons (Fsp3) is 0.429. The van der Waals surface area contributed by atoms with Gasteiger partial charge in [-0.1, -0.05) is 0 Å². The van der Waals surface area contributed by atoms with Gasteiger partial charge in [-0.2, -0.15) is 0 Å². The lowest BCUT2D eigenvalue weighted by Gasteiger charge is -2.20. The fourth-order valence-corrected chi connectivity index (χ4v) is 1.97. The van der Waals surface area contributed by atoms with E-state index in [0.29, 0.717) is 5.56 Å². The molecule has 1 aromatic rings. The predicted octanol–water partition coefficient (Wildman–Crippen LogP) is 1.44. The van der Waals surface area contributed by atoms with Crippen LogP contribution in [0.1, 0.15) is 23.2 Å². The van der Waals surface area contributed by atoms with Crippen molar-refractivity contribution in [1.82, 2.24) is 4.90 Å². The molecule has 19 heavy (non-hydrogen) atoms. The molecule has 1 aliphatic rings. The maximum absolute atomic E-state index is 12.3. The van der Waals surface area contributed by atoms with Crippen molar-refractivity contribution < 1.29 is 14.7 Å². The standard InChI is InChI=1S/C14H18N2O3/c1-15(2)11-5-3-10(4-6-11)14(19)16(9-13(17)18)12-7-8-12/h3-6,12H,7-9H2,1-2H3,(H,17,18). The summed E-state index contributed by atoms with van der Waals surface area (Å²) in [5, 5.41) is 8.87. The normalized spacial score (nSPS) is 14.0. The second-order valence-electron chi connectivity index (χ2n) is 5.00. The Labute approximate surface area is 112 Å². The Hall–Kier alpha value is -2.04. The van der Waals surface area contributed by atoms with Crippen molar-refractivity contribution in [2.24, 2.45) is 0 Å². The lowest BCUT2D eigenvalue weighted by atomic mass is 10.1. The molecule has 0 bridgehead atoms. The summed E-state index contributed by atoms with van der Waals surface area (Å²) in [4.78, 5) is 26.5. The molecule has 0 heterocycles. The van der Waals surface area contributed by atoms with E-state index in [0.717, 1.165) is 18.5 Å². The van der Waals surface area contributed by atoms with Gasteiger partial charge in [0.2, 0.25) is 0 Å². The zero-order chi connectivity index (χ0) is 14.0. The number of hydrogen-bond donors (Lipinski definition) is 1. The average Bonchev–Trinajstić information content (AvgIpc) is 3.19. The number of nitrogens with zero attached hydrogens (tertiary/aromatic N) is 2. The van der Waals surface area contributed by atoms with Crippen LogP contribution in [-0.2, 0) is 4.79 Å². The quantitative estimate of drug-likeness (QED) is 0.872. The molecule has 1 saturated carbocycles. The molecule has 1 aromatic carbocycles. The molecule has 0 atom stereocenters. The molecule has 5 heteroatoms. The first kappa shape index (κ1) is 13.4. The van der Waals surface area contributed by atoms with Gasteiger partial charge in [0.15, 0.2) is 0 Å². The number of carbonyl (C=O) groups is 2. The summed E-state index contributed by atoms with van der Waals surface area (Å²) >= 11 is 0. The van der Waals surface area contributed by atoms with Crippen LogP contribution < -0.4 is 4.90 Å². The third kappa shape index (κ3) is 3.24. The first-order valence-corrected chi connectivity index (χ1v) is 6.29. The van der Waals surface area contributed by atoms with Crippen molar-refractivity contribution in [2.45, 2.75) is 18.9 Å². The summed E-state index contributed by atoms with van der Waals surface area (Å²) in [5.74, 6) is -1.17. The molecule has 2 rings (SSSR count). The number of rotatable bonds is 5. The van der Waals surface area contributed by atoms with Crippen LogP contribution in [0.25, 0.3) is 0 Å². The predicted molar refractivity (Wildman–Crippen MR) is 72.5 cm³/mol. The van der Waals surface area contributed by atoms with Crippen LogP contribution in [0.4, 0.5) is 5.69 Å². The van der Waals surface area contributed by atoms with Gasteiger partial charge in [0.05, 0.1) is 0 Å². The summed E-state index contributed by atoms with van der Waals surface area (Å²) in [6, 6.07) is 7.30. The fourth-order valence-electron chi connectivity index (χ4n) is 1.97. The van der Waals surface area contributed by atoms with Crippen LogP contribution in [0.5, 0.6) is 0 Å². The van der Waals surface area contributed by atoms with Crippen molar-refractivity contribution >= 4 is 17.6 Å². The second-order valence-corrected chi connectivity index (χ2v) is 5.00. The number of carboxylic acid groups (broad SMARTS) is 1. The van der Waals surface area contributed by atoms with Crippen LogP contribution in [0.3, 0.4) is 0 Å². The average molecular weight is 262 g/mol. The SMILES string of the molecule is CN(C)c1ccc(C(=O)N(CC(=O)O)C2CC2)cc1. The molecule has 1 fully saturated rings. The van der Waals surface area contributed by atoms with E-state index in [1.54, 1.807) is 12.1 Å². The Bertz CT molecular complexity index is 478. The Morgan fingerprint density at radius 3 is 2.21 bits per heavy atom. The number of carboxylic acids is 1. The maximum Gasteiger partial charge on any atom is 0.323 e. The number of benzene rings is 1. The molecule has 0 saturated heterocycles. The molecule has 102 valence electrons. The van der Waals surface area contributed by atoms with Crippen molar-refractivity contribution in [3.63, 3.8) is 0 Å². The van der Waals surface area contributed by atoms with Gasteiger partial charge in [-0.05, 0) is 37.1 Å².